The molecule has 1 aromatic carbocycles. The van der Waals surface area contributed by atoms with Gasteiger partial charge in [-0.25, -0.2) is 4.98 Å². The van der Waals surface area contributed by atoms with Crippen LogP contribution in [0.15, 0.2) is 23.7 Å². The second-order valence-electron chi connectivity index (χ2n) is 6.93. The number of hydrogen-bond acceptors (Lipinski definition) is 6. The van der Waals surface area contributed by atoms with Crippen LogP contribution in [0.1, 0.15) is 29.8 Å². The van der Waals surface area contributed by atoms with Crippen molar-refractivity contribution in [1.82, 2.24) is 14.8 Å². The fourth-order valence-corrected chi connectivity index (χ4v) is 4.48. The molecule has 1 saturated heterocycles. The predicted molar refractivity (Wildman–Crippen MR) is 104 cm³/mol. The van der Waals surface area contributed by atoms with Crippen molar-refractivity contribution in [2.75, 3.05) is 20.4 Å². The number of likely N-dealkylation sites (tertiary alicyclic amines) is 1. The third kappa shape index (κ3) is 4.20. The standard InChI is InChI=1S/C19H22ClN3O3S/c1-22(11-18-21-5-7-27-18)14-2-3-19(24)23(6-4-14)10-13-8-16-17(9-15(13)20)26-12-25-16/h5,7-9,14H,2-4,6,10-12H2,1H3. The van der Waals surface area contributed by atoms with Gasteiger partial charge in [-0.2, -0.15) is 0 Å². The normalized spacial score (nSPS) is 19.6. The molecule has 2 aromatic rings. The number of benzene rings is 1. The van der Waals surface area contributed by atoms with Crippen molar-refractivity contribution in [3.63, 3.8) is 0 Å². The van der Waals surface area contributed by atoms with Gasteiger partial charge in [-0.15, -0.1) is 11.3 Å². The molecule has 27 heavy (non-hydrogen) atoms. The monoisotopic (exact) mass is 407 g/mol. The second kappa shape index (κ2) is 8.04. The van der Waals surface area contributed by atoms with Crippen molar-refractivity contribution in [1.29, 1.82) is 0 Å². The number of nitrogens with zero attached hydrogens (tertiary/aromatic N) is 3. The second-order valence-corrected chi connectivity index (χ2v) is 8.32. The molecular formula is C19H22ClN3O3S. The predicted octanol–water partition coefficient (Wildman–Crippen LogP) is 3.54. The van der Waals surface area contributed by atoms with E-state index in [9.17, 15) is 4.79 Å². The molecule has 2 aliphatic heterocycles. The van der Waals surface area contributed by atoms with E-state index in [0.717, 1.165) is 36.5 Å². The Morgan fingerprint density at radius 3 is 2.93 bits per heavy atom. The fraction of sp³-hybridized carbons (Fsp3) is 0.474. The highest BCUT2D eigenvalue weighted by Crippen LogP contribution is 2.37. The molecule has 0 bridgehead atoms. The first-order valence-electron chi connectivity index (χ1n) is 9.04. The van der Waals surface area contributed by atoms with E-state index in [1.807, 2.05) is 22.5 Å². The lowest BCUT2D eigenvalue weighted by Gasteiger charge is -2.26. The number of hydrogen-bond donors (Lipinski definition) is 0. The molecule has 6 nitrogen and oxygen atoms in total. The lowest BCUT2D eigenvalue weighted by atomic mass is 10.1. The zero-order valence-corrected chi connectivity index (χ0v) is 16.8. The van der Waals surface area contributed by atoms with E-state index < -0.39 is 0 Å². The number of fused-ring (bicyclic) bond motifs is 1. The Hall–Kier alpha value is -1.83. The maximum Gasteiger partial charge on any atom is 0.231 e. The van der Waals surface area contributed by atoms with Gasteiger partial charge in [-0.3, -0.25) is 9.69 Å². The summed E-state index contributed by atoms with van der Waals surface area (Å²) in [5.74, 6) is 1.53. The summed E-state index contributed by atoms with van der Waals surface area (Å²) < 4.78 is 10.8. The number of carbonyl (C=O) groups excluding carboxylic acids is 1. The minimum absolute atomic E-state index is 0.175. The molecule has 2 aliphatic rings. The highest BCUT2D eigenvalue weighted by atomic mass is 35.5. The van der Waals surface area contributed by atoms with Crippen LogP contribution < -0.4 is 9.47 Å². The smallest absolute Gasteiger partial charge is 0.231 e. The van der Waals surface area contributed by atoms with E-state index in [2.05, 4.69) is 16.9 Å². The molecule has 0 radical (unpaired) electrons. The molecule has 1 fully saturated rings. The topological polar surface area (TPSA) is 54.9 Å². The van der Waals surface area contributed by atoms with Crippen molar-refractivity contribution in [3.05, 3.63) is 39.3 Å². The highest BCUT2D eigenvalue weighted by molar-refractivity contribution is 7.09. The maximum atomic E-state index is 12.6. The van der Waals surface area contributed by atoms with Crippen LogP contribution in [0.2, 0.25) is 5.02 Å². The molecule has 3 heterocycles. The summed E-state index contributed by atoms with van der Waals surface area (Å²) in [6.45, 7) is 2.25. The molecule has 1 aromatic heterocycles. The molecule has 1 unspecified atom stereocenters. The van der Waals surface area contributed by atoms with Crippen LogP contribution in [-0.2, 0) is 17.9 Å². The van der Waals surface area contributed by atoms with Gasteiger partial charge in [0, 0.05) is 48.2 Å². The highest BCUT2D eigenvalue weighted by Gasteiger charge is 2.26. The first kappa shape index (κ1) is 18.5. The SMILES string of the molecule is CN(Cc1nccs1)C1CCC(=O)N(Cc2cc3c(cc2Cl)OCO3)CC1. The van der Waals surface area contributed by atoms with Crippen molar-refractivity contribution in [3.8, 4) is 11.5 Å². The Morgan fingerprint density at radius 2 is 2.15 bits per heavy atom. The van der Waals surface area contributed by atoms with Crippen LogP contribution in [0.5, 0.6) is 11.5 Å². The summed E-state index contributed by atoms with van der Waals surface area (Å²) in [7, 11) is 2.11. The number of aromatic nitrogens is 1. The summed E-state index contributed by atoms with van der Waals surface area (Å²) in [5, 5.41) is 3.71. The van der Waals surface area contributed by atoms with E-state index in [1.165, 1.54) is 0 Å². The molecule has 8 heteroatoms. The quantitative estimate of drug-likeness (QED) is 0.758. The number of amides is 1. The van der Waals surface area contributed by atoms with Gasteiger partial charge in [0.15, 0.2) is 11.5 Å². The Bertz CT molecular complexity index is 815. The summed E-state index contributed by atoms with van der Waals surface area (Å²) in [6, 6.07) is 4.02. The molecule has 1 atom stereocenters. The third-order valence-corrected chi connectivity index (χ3v) is 6.29. The first-order chi connectivity index (χ1) is 13.1. The minimum Gasteiger partial charge on any atom is -0.454 e. The lowest BCUT2D eigenvalue weighted by Crippen LogP contribution is -2.33. The van der Waals surface area contributed by atoms with Crippen LogP contribution in [0, 0.1) is 0 Å². The van der Waals surface area contributed by atoms with Crippen molar-refractivity contribution >= 4 is 28.8 Å². The fourth-order valence-electron chi connectivity index (χ4n) is 3.59. The van der Waals surface area contributed by atoms with E-state index in [1.54, 1.807) is 17.4 Å². The minimum atomic E-state index is 0.175. The average molecular weight is 408 g/mol. The number of carbonyl (C=O) groups is 1. The van der Waals surface area contributed by atoms with Crippen molar-refractivity contribution in [2.24, 2.45) is 0 Å². The molecule has 144 valence electrons. The number of ether oxygens (including phenoxy) is 2. The molecule has 0 saturated carbocycles. The van der Waals surface area contributed by atoms with E-state index in [0.29, 0.717) is 35.5 Å². The van der Waals surface area contributed by atoms with Crippen molar-refractivity contribution < 1.29 is 14.3 Å². The van der Waals surface area contributed by atoms with Gasteiger partial charge in [0.2, 0.25) is 12.7 Å². The average Bonchev–Trinajstić information content (AvgIpc) is 3.28. The Morgan fingerprint density at radius 1 is 1.33 bits per heavy atom. The molecule has 0 spiro atoms. The van der Waals surface area contributed by atoms with Crippen LogP contribution in [0.4, 0.5) is 0 Å². The molecule has 1 amide bonds. The molecule has 0 N–H and O–H groups in total. The summed E-state index contributed by atoms with van der Waals surface area (Å²) in [6.07, 6.45) is 4.19. The van der Waals surface area contributed by atoms with Crippen LogP contribution in [-0.4, -0.2) is 47.1 Å². The lowest BCUT2D eigenvalue weighted by molar-refractivity contribution is -0.131. The van der Waals surface area contributed by atoms with Gasteiger partial charge < -0.3 is 14.4 Å². The third-order valence-electron chi connectivity index (χ3n) is 5.17. The van der Waals surface area contributed by atoms with Gasteiger partial charge in [0.1, 0.15) is 5.01 Å². The van der Waals surface area contributed by atoms with Crippen LogP contribution in [0.25, 0.3) is 0 Å². The first-order valence-corrected chi connectivity index (χ1v) is 10.3. The van der Waals surface area contributed by atoms with Gasteiger partial charge in [-0.1, -0.05) is 11.6 Å². The summed E-state index contributed by atoms with van der Waals surface area (Å²) in [5.41, 5.74) is 0.892. The van der Waals surface area contributed by atoms with Crippen LogP contribution in [0.3, 0.4) is 0 Å². The summed E-state index contributed by atoms with van der Waals surface area (Å²) >= 11 is 8.05. The molecule has 4 rings (SSSR count). The number of halogens is 1. The van der Waals surface area contributed by atoms with Gasteiger partial charge in [0.05, 0.1) is 6.54 Å². The summed E-state index contributed by atoms with van der Waals surface area (Å²) in [4.78, 5) is 21.2. The Labute approximate surface area is 167 Å². The van der Waals surface area contributed by atoms with Gasteiger partial charge in [0.25, 0.3) is 0 Å². The van der Waals surface area contributed by atoms with E-state index >= 15 is 0 Å². The molecular weight excluding hydrogens is 386 g/mol. The van der Waals surface area contributed by atoms with E-state index in [-0.39, 0.29) is 12.7 Å². The Balaban J connectivity index is 1.41. The van der Waals surface area contributed by atoms with E-state index in [4.69, 9.17) is 21.1 Å². The van der Waals surface area contributed by atoms with Gasteiger partial charge >= 0.3 is 0 Å². The Kier molecular flexibility index (Phi) is 5.52. The zero-order chi connectivity index (χ0) is 18.8. The van der Waals surface area contributed by atoms with Crippen molar-refractivity contribution in [2.45, 2.75) is 38.4 Å². The number of thiazole rings is 1. The van der Waals surface area contributed by atoms with Gasteiger partial charge in [-0.05, 0) is 31.5 Å². The maximum absolute atomic E-state index is 12.6. The number of rotatable bonds is 5. The zero-order valence-electron chi connectivity index (χ0n) is 15.2. The molecule has 0 aliphatic carbocycles. The largest absolute Gasteiger partial charge is 0.454 e. The van der Waals surface area contributed by atoms with Crippen LogP contribution >= 0.6 is 22.9 Å².